The summed E-state index contributed by atoms with van der Waals surface area (Å²) < 4.78 is 0. The summed E-state index contributed by atoms with van der Waals surface area (Å²) in [5.74, 6) is 0.205. The van der Waals surface area contributed by atoms with Crippen LogP contribution in [-0.2, 0) is 0 Å². The van der Waals surface area contributed by atoms with Gasteiger partial charge in [-0.2, -0.15) is 0 Å². The lowest BCUT2D eigenvalue weighted by molar-refractivity contribution is 0.0668. The lowest BCUT2D eigenvalue weighted by Gasteiger charge is -2.33. The van der Waals surface area contributed by atoms with Gasteiger partial charge in [-0.25, -0.2) is 4.98 Å². The molecule has 1 aromatic rings. The van der Waals surface area contributed by atoms with Gasteiger partial charge in [0.1, 0.15) is 4.88 Å². The highest BCUT2D eigenvalue weighted by molar-refractivity contribution is 7.13. The summed E-state index contributed by atoms with van der Waals surface area (Å²) in [7, 11) is 2.20. The van der Waals surface area contributed by atoms with E-state index < -0.39 is 0 Å². The number of likely N-dealkylation sites (tertiary alicyclic amines) is 2. The molecule has 0 radical (unpaired) electrons. The molecule has 2 fully saturated rings. The maximum Gasteiger partial charge on any atom is 0.266 e. The van der Waals surface area contributed by atoms with Gasteiger partial charge in [0.2, 0.25) is 0 Å². The van der Waals surface area contributed by atoms with Gasteiger partial charge in [-0.15, -0.1) is 11.3 Å². The fraction of sp³-hybridized carbons (Fsp3) is 0.733. The van der Waals surface area contributed by atoms with Gasteiger partial charge in [0.15, 0.2) is 0 Å². The van der Waals surface area contributed by atoms with Crippen LogP contribution in [-0.4, -0.2) is 52.9 Å². The van der Waals surface area contributed by atoms with Crippen molar-refractivity contribution in [3.63, 3.8) is 0 Å². The number of rotatable bonds is 2. The number of carbonyl (C=O) groups excluding carboxylic acids is 1. The summed E-state index contributed by atoms with van der Waals surface area (Å²) in [6.45, 7) is 6.00. The van der Waals surface area contributed by atoms with Crippen molar-refractivity contribution in [2.45, 2.75) is 51.6 Å². The Morgan fingerprint density at radius 1 is 1.20 bits per heavy atom. The van der Waals surface area contributed by atoms with Crippen LogP contribution in [0.15, 0.2) is 0 Å². The van der Waals surface area contributed by atoms with E-state index in [1.165, 1.54) is 30.7 Å². The van der Waals surface area contributed by atoms with Crippen LogP contribution < -0.4 is 0 Å². The Balaban J connectivity index is 1.81. The summed E-state index contributed by atoms with van der Waals surface area (Å²) in [5.41, 5.74) is 0.892. The van der Waals surface area contributed by atoms with Crippen LogP contribution in [0.5, 0.6) is 0 Å². The minimum Gasteiger partial charge on any atom is -0.333 e. The van der Waals surface area contributed by atoms with Crippen molar-refractivity contribution < 1.29 is 4.79 Å². The van der Waals surface area contributed by atoms with E-state index in [-0.39, 0.29) is 5.91 Å². The van der Waals surface area contributed by atoms with Crippen LogP contribution in [0.3, 0.4) is 0 Å². The number of carbonyl (C=O) groups is 1. The number of amides is 1. The molecule has 3 heterocycles. The first-order valence-electron chi connectivity index (χ1n) is 7.53. The lowest BCUT2D eigenvalue weighted by Crippen LogP contribution is -2.47. The van der Waals surface area contributed by atoms with Crippen molar-refractivity contribution in [1.29, 1.82) is 0 Å². The maximum absolute atomic E-state index is 12.8. The van der Waals surface area contributed by atoms with Crippen molar-refractivity contribution in [3.05, 3.63) is 15.6 Å². The quantitative estimate of drug-likeness (QED) is 0.840. The molecular formula is C15H23N3OS. The van der Waals surface area contributed by atoms with Crippen molar-refractivity contribution in [3.8, 4) is 0 Å². The second-order valence-corrected chi connectivity index (χ2v) is 7.25. The molecule has 2 aliphatic rings. The maximum atomic E-state index is 12.8. The van der Waals surface area contributed by atoms with Crippen molar-refractivity contribution >= 4 is 17.2 Å². The SMILES string of the molecule is Cc1nc(C)c(C(=O)N2CCC[C@@H]2[C@@H]2CCCN2C)s1. The summed E-state index contributed by atoms with van der Waals surface area (Å²) in [6, 6.07) is 0.951. The van der Waals surface area contributed by atoms with Gasteiger partial charge in [0.25, 0.3) is 5.91 Å². The van der Waals surface area contributed by atoms with E-state index in [0.717, 1.165) is 35.0 Å². The molecule has 2 aliphatic heterocycles. The highest BCUT2D eigenvalue weighted by Crippen LogP contribution is 2.31. The van der Waals surface area contributed by atoms with Gasteiger partial charge in [0, 0.05) is 18.6 Å². The number of thiazole rings is 1. The Labute approximate surface area is 124 Å². The third-order valence-corrected chi connectivity index (χ3v) is 5.74. The molecule has 20 heavy (non-hydrogen) atoms. The Bertz CT molecular complexity index is 513. The highest BCUT2D eigenvalue weighted by Gasteiger charge is 2.39. The Hall–Kier alpha value is -0.940. The molecule has 0 unspecified atom stereocenters. The van der Waals surface area contributed by atoms with E-state index in [0.29, 0.717) is 12.1 Å². The summed E-state index contributed by atoms with van der Waals surface area (Å²) in [4.78, 5) is 22.6. The first-order valence-corrected chi connectivity index (χ1v) is 8.35. The largest absolute Gasteiger partial charge is 0.333 e. The summed E-state index contributed by atoms with van der Waals surface area (Å²) in [5, 5.41) is 0.986. The molecule has 0 bridgehead atoms. The van der Waals surface area contributed by atoms with E-state index in [9.17, 15) is 4.79 Å². The van der Waals surface area contributed by atoms with Gasteiger partial charge in [-0.3, -0.25) is 4.79 Å². The van der Waals surface area contributed by atoms with Crippen LogP contribution in [0.2, 0.25) is 0 Å². The zero-order valence-electron chi connectivity index (χ0n) is 12.6. The molecule has 1 amide bonds. The Morgan fingerprint density at radius 2 is 1.90 bits per heavy atom. The molecule has 2 atom stereocenters. The Kier molecular flexibility index (Phi) is 3.82. The van der Waals surface area contributed by atoms with E-state index in [2.05, 4.69) is 21.8 Å². The molecule has 2 saturated heterocycles. The number of hydrogen-bond acceptors (Lipinski definition) is 4. The first-order chi connectivity index (χ1) is 9.58. The first kappa shape index (κ1) is 14.0. The molecule has 0 N–H and O–H groups in total. The molecule has 0 aliphatic carbocycles. The van der Waals surface area contributed by atoms with E-state index in [4.69, 9.17) is 0 Å². The molecule has 4 nitrogen and oxygen atoms in total. The number of likely N-dealkylation sites (N-methyl/N-ethyl adjacent to an activating group) is 1. The molecule has 0 saturated carbocycles. The van der Waals surface area contributed by atoms with Crippen LogP contribution in [0.25, 0.3) is 0 Å². The molecule has 5 heteroatoms. The number of hydrogen-bond donors (Lipinski definition) is 0. The van der Waals surface area contributed by atoms with Crippen LogP contribution in [0.1, 0.15) is 46.1 Å². The predicted molar refractivity (Wildman–Crippen MR) is 81.3 cm³/mol. The highest BCUT2D eigenvalue weighted by atomic mass is 32.1. The van der Waals surface area contributed by atoms with Crippen LogP contribution >= 0.6 is 11.3 Å². The average Bonchev–Trinajstić information content (AvgIpc) is 3.08. The smallest absolute Gasteiger partial charge is 0.266 e. The molecular weight excluding hydrogens is 270 g/mol. The number of aryl methyl sites for hydroxylation is 2. The third-order valence-electron chi connectivity index (χ3n) is 4.68. The van der Waals surface area contributed by atoms with E-state index in [1.54, 1.807) is 0 Å². The Morgan fingerprint density at radius 3 is 2.50 bits per heavy atom. The van der Waals surface area contributed by atoms with E-state index >= 15 is 0 Å². The fourth-order valence-corrected chi connectivity index (χ4v) is 4.60. The topological polar surface area (TPSA) is 36.4 Å². The number of aromatic nitrogens is 1. The minimum absolute atomic E-state index is 0.205. The molecule has 3 rings (SSSR count). The lowest BCUT2D eigenvalue weighted by atomic mass is 10.0. The van der Waals surface area contributed by atoms with Crippen molar-refractivity contribution in [2.75, 3.05) is 20.1 Å². The fourth-order valence-electron chi connectivity index (χ4n) is 3.73. The normalized spacial score (nSPS) is 27.4. The van der Waals surface area contributed by atoms with Gasteiger partial charge in [-0.05, 0) is 53.1 Å². The summed E-state index contributed by atoms with van der Waals surface area (Å²) >= 11 is 1.54. The van der Waals surface area contributed by atoms with Crippen molar-refractivity contribution in [1.82, 2.24) is 14.8 Å². The van der Waals surface area contributed by atoms with Gasteiger partial charge >= 0.3 is 0 Å². The average molecular weight is 293 g/mol. The monoisotopic (exact) mass is 293 g/mol. The summed E-state index contributed by atoms with van der Waals surface area (Å²) in [6.07, 6.45) is 4.78. The zero-order valence-corrected chi connectivity index (χ0v) is 13.4. The zero-order chi connectivity index (χ0) is 14.3. The van der Waals surface area contributed by atoms with Gasteiger partial charge < -0.3 is 9.80 Å². The standard InChI is InChI=1S/C15H23N3OS/c1-10-14(20-11(2)16-10)15(19)18-9-5-7-13(18)12-6-4-8-17(12)3/h12-13H,4-9H2,1-3H3/t12-,13+/m0/s1. The number of nitrogens with zero attached hydrogens (tertiary/aromatic N) is 3. The second kappa shape index (κ2) is 5.45. The van der Waals surface area contributed by atoms with Crippen molar-refractivity contribution in [2.24, 2.45) is 0 Å². The molecule has 0 spiro atoms. The molecule has 0 aromatic carbocycles. The third kappa shape index (κ3) is 2.37. The van der Waals surface area contributed by atoms with Crippen LogP contribution in [0, 0.1) is 13.8 Å². The predicted octanol–water partition coefficient (Wildman–Crippen LogP) is 2.46. The minimum atomic E-state index is 0.205. The second-order valence-electron chi connectivity index (χ2n) is 6.05. The van der Waals surface area contributed by atoms with Gasteiger partial charge in [0.05, 0.1) is 10.7 Å². The van der Waals surface area contributed by atoms with E-state index in [1.807, 2.05) is 13.8 Å². The van der Waals surface area contributed by atoms with Gasteiger partial charge in [-0.1, -0.05) is 0 Å². The molecule has 1 aromatic heterocycles. The molecule has 110 valence electrons. The van der Waals surface area contributed by atoms with Crippen LogP contribution in [0.4, 0.5) is 0 Å².